The Morgan fingerprint density at radius 2 is 1.50 bits per heavy atom. The Bertz CT molecular complexity index is 604. The topological polar surface area (TPSA) is 20.2 Å². The standard InChI is InChI=1S/C14H9Cl5O/c15-9-6-4-8(5-7-9)12(14(17,18)19)10-2-1-3-11(20)13(10)16/h1-7,12,20H. The molecule has 0 radical (unpaired) electrons. The first kappa shape index (κ1) is 16.1. The summed E-state index contributed by atoms with van der Waals surface area (Å²) in [5.41, 5.74) is 1.27. The van der Waals surface area contributed by atoms with Gasteiger partial charge < -0.3 is 5.11 Å². The van der Waals surface area contributed by atoms with Crippen molar-refractivity contribution in [1.29, 1.82) is 0 Å². The van der Waals surface area contributed by atoms with Gasteiger partial charge in [0.25, 0.3) is 0 Å². The Morgan fingerprint density at radius 3 is 2.05 bits per heavy atom. The molecule has 0 saturated heterocycles. The number of hydrogen-bond donors (Lipinski definition) is 1. The number of rotatable bonds is 2. The molecule has 0 fully saturated rings. The number of aromatic hydroxyl groups is 1. The van der Waals surface area contributed by atoms with Crippen LogP contribution in [0.4, 0.5) is 0 Å². The Kier molecular flexibility index (Phi) is 4.99. The minimum absolute atomic E-state index is 0.0580. The number of phenols is 1. The van der Waals surface area contributed by atoms with Gasteiger partial charge in [-0.3, -0.25) is 0 Å². The summed E-state index contributed by atoms with van der Waals surface area (Å²) in [5, 5.41) is 10.5. The highest BCUT2D eigenvalue weighted by Gasteiger charge is 2.36. The Hall–Kier alpha value is -0.310. The molecule has 1 unspecified atom stereocenters. The van der Waals surface area contributed by atoms with Gasteiger partial charge >= 0.3 is 0 Å². The van der Waals surface area contributed by atoms with Crippen LogP contribution < -0.4 is 0 Å². The van der Waals surface area contributed by atoms with Crippen LogP contribution in [-0.2, 0) is 0 Å². The summed E-state index contributed by atoms with van der Waals surface area (Å²) in [4.78, 5) is 0. The zero-order chi connectivity index (χ0) is 14.9. The predicted molar refractivity (Wildman–Crippen MR) is 86.7 cm³/mol. The molecule has 0 aliphatic carbocycles. The lowest BCUT2D eigenvalue weighted by Gasteiger charge is -2.26. The summed E-state index contributed by atoms with van der Waals surface area (Å²) in [6.45, 7) is 0. The number of benzene rings is 2. The lowest BCUT2D eigenvalue weighted by molar-refractivity contribution is 0.474. The van der Waals surface area contributed by atoms with Gasteiger partial charge in [-0.2, -0.15) is 0 Å². The van der Waals surface area contributed by atoms with Gasteiger partial charge in [-0.25, -0.2) is 0 Å². The fraction of sp³-hybridized carbons (Fsp3) is 0.143. The van der Waals surface area contributed by atoms with Crippen LogP contribution >= 0.6 is 58.0 Å². The van der Waals surface area contributed by atoms with Gasteiger partial charge in [0.05, 0.1) is 10.9 Å². The summed E-state index contributed by atoms with van der Waals surface area (Å²) in [6.07, 6.45) is 0. The third kappa shape index (κ3) is 3.47. The largest absolute Gasteiger partial charge is 0.506 e. The van der Waals surface area contributed by atoms with E-state index >= 15 is 0 Å². The lowest BCUT2D eigenvalue weighted by atomic mass is 9.92. The smallest absolute Gasteiger partial charge is 0.201 e. The fourth-order valence-electron chi connectivity index (χ4n) is 1.96. The molecule has 1 atom stereocenters. The lowest BCUT2D eigenvalue weighted by Crippen LogP contribution is -2.19. The number of alkyl halides is 3. The van der Waals surface area contributed by atoms with Crippen molar-refractivity contribution in [1.82, 2.24) is 0 Å². The molecule has 20 heavy (non-hydrogen) atoms. The van der Waals surface area contributed by atoms with Crippen LogP contribution in [0.25, 0.3) is 0 Å². The Labute approximate surface area is 142 Å². The highest BCUT2D eigenvalue weighted by atomic mass is 35.6. The van der Waals surface area contributed by atoms with E-state index < -0.39 is 9.71 Å². The molecule has 0 heterocycles. The summed E-state index contributed by atoms with van der Waals surface area (Å²) in [7, 11) is 0. The molecular weight excluding hydrogens is 361 g/mol. The van der Waals surface area contributed by atoms with Crippen LogP contribution in [0.1, 0.15) is 17.0 Å². The third-order valence-corrected chi connectivity index (χ3v) is 4.17. The predicted octanol–water partition coefficient (Wildman–Crippen LogP) is 6.20. The van der Waals surface area contributed by atoms with Crippen LogP contribution in [0, 0.1) is 0 Å². The summed E-state index contributed by atoms with van der Waals surface area (Å²) in [5.74, 6) is -0.679. The van der Waals surface area contributed by atoms with Crippen LogP contribution in [0.5, 0.6) is 5.75 Å². The van der Waals surface area contributed by atoms with Gasteiger partial charge in [0, 0.05) is 5.02 Å². The molecule has 0 aromatic heterocycles. The molecule has 0 bridgehead atoms. The van der Waals surface area contributed by atoms with E-state index in [0.717, 1.165) is 5.56 Å². The second-order valence-corrected chi connectivity index (χ2v) is 7.39. The van der Waals surface area contributed by atoms with E-state index in [9.17, 15) is 5.11 Å². The van der Waals surface area contributed by atoms with E-state index in [0.29, 0.717) is 10.6 Å². The van der Waals surface area contributed by atoms with E-state index in [2.05, 4.69) is 0 Å². The molecular formula is C14H9Cl5O. The molecule has 0 aliphatic heterocycles. The van der Waals surface area contributed by atoms with Crippen molar-refractivity contribution in [3.63, 3.8) is 0 Å². The molecule has 6 heteroatoms. The molecule has 2 aromatic rings. The van der Waals surface area contributed by atoms with Crippen LogP contribution in [0.2, 0.25) is 10.0 Å². The molecule has 0 spiro atoms. The van der Waals surface area contributed by atoms with Crippen LogP contribution in [-0.4, -0.2) is 8.90 Å². The summed E-state index contributed by atoms with van der Waals surface area (Å²) >= 11 is 30.3. The van der Waals surface area contributed by atoms with Gasteiger partial charge in [0.1, 0.15) is 5.75 Å². The maximum Gasteiger partial charge on any atom is 0.201 e. The van der Waals surface area contributed by atoms with Crippen LogP contribution in [0.15, 0.2) is 42.5 Å². The first-order valence-electron chi connectivity index (χ1n) is 5.60. The van der Waals surface area contributed by atoms with Crippen LogP contribution in [0.3, 0.4) is 0 Å². The molecule has 1 N–H and O–H groups in total. The molecule has 0 amide bonds. The molecule has 0 aliphatic rings. The van der Waals surface area contributed by atoms with E-state index in [-0.39, 0.29) is 10.8 Å². The minimum Gasteiger partial charge on any atom is -0.506 e. The fourth-order valence-corrected chi connectivity index (χ4v) is 3.05. The van der Waals surface area contributed by atoms with Crippen molar-refractivity contribution in [2.75, 3.05) is 0 Å². The van der Waals surface area contributed by atoms with Crippen molar-refractivity contribution >= 4 is 58.0 Å². The first-order chi connectivity index (χ1) is 9.30. The van der Waals surface area contributed by atoms with Gasteiger partial charge in [0.15, 0.2) is 0 Å². The average molecular weight is 370 g/mol. The normalized spacial score (nSPS) is 13.2. The molecule has 1 nitrogen and oxygen atoms in total. The second kappa shape index (κ2) is 6.21. The second-order valence-electron chi connectivity index (χ2n) is 4.21. The number of hydrogen-bond acceptors (Lipinski definition) is 1. The van der Waals surface area contributed by atoms with E-state index in [1.165, 1.54) is 6.07 Å². The number of halogens is 5. The highest BCUT2D eigenvalue weighted by Crippen LogP contribution is 2.48. The van der Waals surface area contributed by atoms with Crippen molar-refractivity contribution in [2.24, 2.45) is 0 Å². The van der Waals surface area contributed by atoms with E-state index in [1.54, 1.807) is 36.4 Å². The monoisotopic (exact) mass is 368 g/mol. The zero-order valence-electron chi connectivity index (χ0n) is 9.96. The molecule has 0 saturated carbocycles. The highest BCUT2D eigenvalue weighted by molar-refractivity contribution is 6.68. The molecule has 106 valence electrons. The minimum atomic E-state index is -1.62. The van der Waals surface area contributed by atoms with Crippen molar-refractivity contribution in [3.8, 4) is 5.75 Å². The SMILES string of the molecule is Oc1cccc(C(c2ccc(Cl)cc2)C(Cl)(Cl)Cl)c1Cl. The van der Waals surface area contributed by atoms with Gasteiger partial charge in [-0.05, 0) is 29.3 Å². The average Bonchev–Trinajstić information content (AvgIpc) is 2.36. The zero-order valence-corrected chi connectivity index (χ0v) is 13.7. The third-order valence-electron chi connectivity index (χ3n) is 2.85. The van der Waals surface area contributed by atoms with Crippen molar-refractivity contribution in [3.05, 3.63) is 63.6 Å². The van der Waals surface area contributed by atoms with Gasteiger partial charge in [-0.15, -0.1) is 0 Å². The Morgan fingerprint density at radius 1 is 0.900 bits per heavy atom. The summed E-state index contributed by atoms with van der Waals surface area (Å²) in [6, 6.07) is 11.8. The first-order valence-corrected chi connectivity index (χ1v) is 7.49. The Balaban J connectivity index is 2.59. The quantitative estimate of drug-likeness (QED) is 0.624. The molecule has 2 aromatic carbocycles. The number of phenolic OH excluding ortho intramolecular Hbond substituents is 1. The maximum absolute atomic E-state index is 9.72. The maximum atomic E-state index is 9.72. The summed E-state index contributed by atoms with van der Waals surface area (Å²) < 4.78 is -1.62. The van der Waals surface area contributed by atoms with Gasteiger partial charge in [-0.1, -0.05) is 82.3 Å². The van der Waals surface area contributed by atoms with E-state index in [1.807, 2.05) is 0 Å². The van der Waals surface area contributed by atoms with Crippen molar-refractivity contribution in [2.45, 2.75) is 9.71 Å². The molecule has 2 rings (SSSR count). The van der Waals surface area contributed by atoms with Crippen molar-refractivity contribution < 1.29 is 5.11 Å². The van der Waals surface area contributed by atoms with E-state index in [4.69, 9.17) is 58.0 Å². The van der Waals surface area contributed by atoms with Gasteiger partial charge in [0.2, 0.25) is 3.79 Å².